The number of piperidine rings is 1. The third-order valence-electron chi connectivity index (χ3n) is 5.88. The van der Waals surface area contributed by atoms with E-state index in [9.17, 15) is 4.79 Å². The molecule has 1 aromatic carbocycles. The smallest absolute Gasteiger partial charge is 0.227 e. The summed E-state index contributed by atoms with van der Waals surface area (Å²) in [5, 5.41) is 7.35. The van der Waals surface area contributed by atoms with Crippen molar-refractivity contribution in [1.82, 2.24) is 15.6 Å². The lowest BCUT2D eigenvalue weighted by Crippen LogP contribution is -2.45. The van der Waals surface area contributed by atoms with Gasteiger partial charge in [0, 0.05) is 55.7 Å². The molecule has 1 fully saturated rings. The fourth-order valence-corrected chi connectivity index (χ4v) is 4.30. The van der Waals surface area contributed by atoms with E-state index in [-0.39, 0.29) is 11.9 Å². The van der Waals surface area contributed by atoms with E-state index in [0.717, 1.165) is 42.8 Å². The van der Waals surface area contributed by atoms with Crippen LogP contribution in [0.15, 0.2) is 36.7 Å². The molecular formula is C22H28N4O2. The molecule has 1 amide bonds. The van der Waals surface area contributed by atoms with Crippen LogP contribution in [0, 0.1) is 0 Å². The topological polar surface area (TPSA) is 66.5 Å². The van der Waals surface area contributed by atoms with Crippen LogP contribution < -0.4 is 20.3 Å². The number of aryl methyl sites for hydroxylation is 1. The normalized spacial score (nSPS) is 22.1. The van der Waals surface area contributed by atoms with Gasteiger partial charge in [-0.3, -0.25) is 9.78 Å². The molecule has 1 saturated heterocycles. The molecule has 3 heterocycles. The fourth-order valence-electron chi connectivity index (χ4n) is 4.30. The molecule has 6 nitrogen and oxygen atoms in total. The maximum absolute atomic E-state index is 12.1. The first kappa shape index (κ1) is 18.9. The molecule has 0 radical (unpaired) electrons. The predicted molar refractivity (Wildman–Crippen MR) is 110 cm³/mol. The van der Waals surface area contributed by atoms with E-state index in [2.05, 4.69) is 33.8 Å². The number of pyridine rings is 1. The molecule has 2 unspecified atom stereocenters. The number of nitrogens with zero attached hydrogens (tertiary/aromatic N) is 2. The number of carbonyl (C=O) groups is 1. The fraction of sp³-hybridized carbons (Fsp3) is 0.455. The second-order valence-corrected chi connectivity index (χ2v) is 7.59. The summed E-state index contributed by atoms with van der Waals surface area (Å²) in [4.78, 5) is 18.1. The van der Waals surface area contributed by atoms with Crippen molar-refractivity contribution >= 4 is 11.6 Å². The molecule has 2 aliphatic rings. The van der Waals surface area contributed by atoms with Crippen molar-refractivity contribution in [3.05, 3.63) is 53.3 Å². The van der Waals surface area contributed by atoms with Gasteiger partial charge in [-0.1, -0.05) is 6.07 Å². The molecule has 2 atom stereocenters. The number of aromatic nitrogens is 1. The Bertz CT molecular complexity index is 840. The number of ether oxygens (including phenoxy) is 1. The Kier molecular flexibility index (Phi) is 5.59. The Balaban J connectivity index is 1.54. The summed E-state index contributed by atoms with van der Waals surface area (Å²) in [5.41, 5.74) is 4.47. The molecule has 4 rings (SSSR count). The summed E-state index contributed by atoms with van der Waals surface area (Å²) in [6, 6.07) is 8.88. The Morgan fingerprint density at radius 2 is 2.25 bits per heavy atom. The van der Waals surface area contributed by atoms with Crippen LogP contribution in [0.3, 0.4) is 0 Å². The van der Waals surface area contributed by atoms with Crippen LogP contribution in [0.25, 0.3) is 0 Å². The average Bonchev–Trinajstić information content (AvgIpc) is 2.75. The second kappa shape index (κ2) is 8.29. The predicted octanol–water partition coefficient (Wildman–Crippen LogP) is 2.58. The lowest BCUT2D eigenvalue weighted by Gasteiger charge is -2.34. The Hall–Kier alpha value is -2.44. The first-order valence-corrected chi connectivity index (χ1v) is 10.0. The molecule has 0 spiro atoms. The first-order chi connectivity index (χ1) is 13.7. The Labute approximate surface area is 166 Å². The van der Waals surface area contributed by atoms with Gasteiger partial charge in [0.2, 0.25) is 5.91 Å². The van der Waals surface area contributed by atoms with Gasteiger partial charge in [-0.15, -0.1) is 0 Å². The van der Waals surface area contributed by atoms with Gasteiger partial charge in [-0.05, 0) is 55.1 Å². The van der Waals surface area contributed by atoms with Gasteiger partial charge < -0.3 is 20.3 Å². The molecule has 148 valence electrons. The zero-order chi connectivity index (χ0) is 19.5. The van der Waals surface area contributed by atoms with E-state index in [0.29, 0.717) is 19.0 Å². The molecule has 2 aromatic rings. The highest BCUT2D eigenvalue weighted by Gasteiger charge is 2.27. The minimum atomic E-state index is 0.171. The molecule has 2 aliphatic heterocycles. The van der Waals surface area contributed by atoms with Crippen molar-refractivity contribution in [2.75, 3.05) is 25.6 Å². The van der Waals surface area contributed by atoms with Crippen LogP contribution in [-0.4, -0.2) is 37.6 Å². The maximum atomic E-state index is 12.1. The number of nitrogens with one attached hydrogen (secondary N) is 2. The number of hydrogen-bond donors (Lipinski definition) is 2. The minimum absolute atomic E-state index is 0.171. The molecule has 28 heavy (non-hydrogen) atoms. The molecule has 0 aliphatic carbocycles. The number of rotatable bonds is 5. The number of fused-ring (bicyclic) bond motifs is 1. The van der Waals surface area contributed by atoms with Crippen LogP contribution in [0.2, 0.25) is 0 Å². The maximum Gasteiger partial charge on any atom is 0.227 e. The molecule has 0 saturated carbocycles. The first-order valence-electron chi connectivity index (χ1n) is 10.0. The van der Waals surface area contributed by atoms with Gasteiger partial charge in [-0.2, -0.15) is 0 Å². The van der Waals surface area contributed by atoms with Crippen molar-refractivity contribution in [3.8, 4) is 5.75 Å². The highest BCUT2D eigenvalue weighted by Crippen LogP contribution is 2.34. The van der Waals surface area contributed by atoms with E-state index in [1.165, 1.54) is 11.1 Å². The van der Waals surface area contributed by atoms with E-state index in [1.807, 2.05) is 25.5 Å². The number of amides is 1. The molecule has 2 N–H and O–H groups in total. The number of carbonyl (C=O) groups excluding carboxylic acids is 1. The van der Waals surface area contributed by atoms with Crippen molar-refractivity contribution in [3.63, 3.8) is 0 Å². The summed E-state index contributed by atoms with van der Waals surface area (Å²) in [7, 11) is 3.57. The Morgan fingerprint density at radius 1 is 1.36 bits per heavy atom. The molecule has 6 heteroatoms. The van der Waals surface area contributed by atoms with Gasteiger partial charge in [0.1, 0.15) is 5.75 Å². The quantitative estimate of drug-likeness (QED) is 0.835. The van der Waals surface area contributed by atoms with E-state index in [4.69, 9.17) is 4.74 Å². The number of anilines is 1. The monoisotopic (exact) mass is 380 g/mol. The summed E-state index contributed by atoms with van der Waals surface area (Å²) < 4.78 is 5.66. The summed E-state index contributed by atoms with van der Waals surface area (Å²) in [5.74, 6) is 1.06. The summed E-state index contributed by atoms with van der Waals surface area (Å²) in [6.45, 7) is 1.72. The van der Waals surface area contributed by atoms with Gasteiger partial charge in [0.15, 0.2) is 0 Å². The highest BCUT2D eigenvalue weighted by atomic mass is 16.5. The zero-order valence-corrected chi connectivity index (χ0v) is 16.6. The van der Waals surface area contributed by atoms with Crippen LogP contribution in [0.4, 0.5) is 5.69 Å². The van der Waals surface area contributed by atoms with Crippen molar-refractivity contribution < 1.29 is 9.53 Å². The third-order valence-corrected chi connectivity index (χ3v) is 5.88. The number of methoxy groups -OCH3 is 1. The van der Waals surface area contributed by atoms with Crippen LogP contribution in [-0.2, 0) is 17.8 Å². The highest BCUT2D eigenvalue weighted by molar-refractivity contribution is 5.96. The molecule has 1 aromatic heterocycles. The van der Waals surface area contributed by atoms with Crippen LogP contribution in [0.5, 0.6) is 5.75 Å². The number of hydrogen-bond acceptors (Lipinski definition) is 5. The second-order valence-electron chi connectivity index (χ2n) is 7.59. The van der Waals surface area contributed by atoms with E-state index < -0.39 is 0 Å². The molecular weight excluding hydrogens is 352 g/mol. The average molecular weight is 380 g/mol. The summed E-state index contributed by atoms with van der Waals surface area (Å²) >= 11 is 0. The van der Waals surface area contributed by atoms with Crippen LogP contribution in [0.1, 0.15) is 42.0 Å². The zero-order valence-electron chi connectivity index (χ0n) is 16.6. The lowest BCUT2D eigenvalue weighted by molar-refractivity contribution is -0.118. The summed E-state index contributed by atoms with van der Waals surface area (Å²) in [6.07, 6.45) is 7.34. The largest absolute Gasteiger partial charge is 0.496 e. The minimum Gasteiger partial charge on any atom is -0.496 e. The number of benzene rings is 1. The van der Waals surface area contributed by atoms with Crippen molar-refractivity contribution in [2.24, 2.45) is 0 Å². The van der Waals surface area contributed by atoms with E-state index >= 15 is 0 Å². The van der Waals surface area contributed by atoms with Gasteiger partial charge in [0.25, 0.3) is 0 Å². The van der Waals surface area contributed by atoms with Gasteiger partial charge in [-0.25, -0.2) is 0 Å². The van der Waals surface area contributed by atoms with Gasteiger partial charge >= 0.3 is 0 Å². The van der Waals surface area contributed by atoms with Crippen molar-refractivity contribution in [1.29, 1.82) is 0 Å². The van der Waals surface area contributed by atoms with E-state index in [1.54, 1.807) is 12.0 Å². The van der Waals surface area contributed by atoms with Crippen molar-refractivity contribution in [2.45, 2.75) is 44.3 Å². The standard InChI is InChI=1S/C22H28N4O2/c1-26-19-11-17(20(28-2)12-15(19)7-8-21(26)27)14-25-18-6-4-10-24-22(18)16-5-3-9-23-13-16/h3,5,9,11-13,18,22,24-25H,4,6-8,10,14H2,1-2H3. The molecule has 0 bridgehead atoms. The van der Waals surface area contributed by atoms with Crippen LogP contribution >= 0.6 is 0 Å². The Morgan fingerprint density at radius 3 is 3.04 bits per heavy atom. The lowest BCUT2D eigenvalue weighted by atomic mass is 9.92. The SMILES string of the molecule is COc1cc2c(cc1CNC1CCCNC1c1cccnc1)N(C)C(=O)CC2. The van der Waals surface area contributed by atoms with Gasteiger partial charge in [0.05, 0.1) is 7.11 Å². The third kappa shape index (κ3) is 3.75.